The van der Waals surface area contributed by atoms with Crippen LogP contribution in [0.1, 0.15) is 17.2 Å². The molecule has 0 aliphatic rings. The Balaban J connectivity index is 1.95. The van der Waals surface area contributed by atoms with E-state index in [2.05, 4.69) is 22.3 Å². The second kappa shape index (κ2) is 8.34. The van der Waals surface area contributed by atoms with Crippen LogP contribution in [-0.4, -0.2) is 31.4 Å². The number of carbonyl (C=O) groups is 1. The molecule has 122 valence electrons. The summed E-state index contributed by atoms with van der Waals surface area (Å²) >= 11 is 11.9. The molecule has 5 heteroatoms. The molecule has 2 aromatic carbocycles. The van der Waals surface area contributed by atoms with Crippen LogP contribution < -0.4 is 5.32 Å². The summed E-state index contributed by atoms with van der Waals surface area (Å²) in [5.41, 5.74) is 2.02. The summed E-state index contributed by atoms with van der Waals surface area (Å²) < 4.78 is 0. The van der Waals surface area contributed by atoms with Crippen LogP contribution in [-0.2, 0) is 11.2 Å². The van der Waals surface area contributed by atoms with Gasteiger partial charge in [0.2, 0.25) is 5.91 Å². The van der Waals surface area contributed by atoms with Gasteiger partial charge in [-0.05, 0) is 37.4 Å². The fourth-order valence-electron chi connectivity index (χ4n) is 2.38. The van der Waals surface area contributed by atoms with Crippen LogP contribution in [0.25, 0.3) is 0 Å². The van der Waals surface area contributed by atoms with Crippen molar-refractivity contribution in [2.75, 3.05) is 20.6 Å². The second-order valence-electron chi connectivity index (χ2n) is 5.62. The van der Waals surface area contributed by atoms with E-state index >= 15 is 0 Å². The van der Waals surface area contributed by atoms with Gasteiger partial charge in [-0.25, -0.2) is 0 Å². The van der Waals surface area contributed by atoms with E-state index in [-0.39, 0.29) is 18.4 Å². The summed E-state index contributed by atoms with van der Waals surface area (Å²) in [6.07, 6.45) is 0.284. The molecule has 2 aromatic rings. The topological polar surface area (TPSA) is 32.3 Å². The van der Waals surface area contributed by atoms with Crippen LogP contribution in [0.5, 0.6) is 0 Å². The molecule has 0 aliphatic carbocycles. The van der Waals surface area contributed by atoms with Crippen LogP contribution in [0, 0.1) is 0 Å². The van der Waals surface area contributed by atoms with Crippen molar-refractivity contribution in [3.8, 4) is 0 Å². The van der Waals surface area contributed by atoms with Gasteiger partial charge in [0.25, 0.3) is 0 Å². The van der Waals surface area contributed by atoms with Crippen LogP contribution >= 0.6 is 23.2 Å². The van der Waals surface area contributed by atoms with Crippen LogP contribution in [0.3, 0.4) is 0 Å². The summed E-state index contributed by atoms with van der Waals surface area (Å²) in [5, 5.41) is 3.95. The zero-order valence-electron chi connectivity index (χ0n) is 13.2. The van der Waals surface area contributed by atoms with E-state index in [1.54, 1.807) is 12.1 Å². The maximum atomic E-state index is 12.2. The maximum absolute atomic E-state index is 12.2. The highest BCUT2D eigenvalue weighted by Gasteiger charge is 2.15. The summed E-state index contributed by atoms with van der Waals surface area (Å²) in [6, 6.07) is 15.5. The Morgan fingerprint density at radius 1 is 1.09 bits per heavy atom. The Morgan fingerprint density at radius 2 is 1.78 bits per heavy atom. The van der Waals surface area contributed by atoms with E-state index in [9.17, 15) is 4.79 Å². The molecule has 0 aliphatic heterocycles. The molecule has 0 bridgehead atoms. The third kappa shape index (κ3) is 5.24. The SMILES string of the molecule is CN(C)C(CNC(=O)Cc1ccc(Cl)c(Cl)c1)c1ccccc1. The van der Waals surface area contributed by atoms with Gasteiger partial charge < -0.3 is 10.2 Å². The number of benzene rings is 2. The largest absolute Gasteiger partial charge is 0.354 e. The summed E-state index contributed by atoms with van der Waals surface area (Å²) in [4.78, 5) is 14.3. The van der Waals surface area contributed by atoms with E-state index < -0.39 is 0 Å². The normalized spacial score (nSPS) is 12.2. The molecule has 0 radical (unpaired) electrons. The molecule has 0 saturated carbocycles. The van der Waals surface area contributed by atoms with Crippen molar-refractivity contribution in [1.82, 2.24) is 10.2 Å². The minimum absolute atomic E-state index is 0.0360. The molecule has 0 spiro atoms. The number of hydrogen-bond donors (Lipinski definition) is 1. The first-order chi connectivity index (χ1) is 11.0. The number of likely N-dealkylation sites (N-methyl/N-ethyl adjacent to an activating group) is 1. The van der Waals surface area contributed by atoms with Gasteiger partial charge in [-0.1, -0.05) is 59.6 Å². The highest BCUT2D eigenvalue weighted by atomic mass is 35.5. The lowest BCUT2D eigenvalue weighted by atomic mass is 10.1. The van der Waals surface area contributed by atoms with Crippen molar-refractivity contribution in [2.24, 2.45) is 0 Å². The van der Waals surface area contributed by atoms with Gasteiger partial charge in [-0.2, -0.15) is 0 Å². The molecular formula is C18H20Cl2N2O. The number of nitrogens with one attached hydrogen (secondary N) is 1. The van der Waals surface area contributed by atoms with Gasteiger partial charge in [0.1, 0.15) is 0 Å². The van der Waals surface area contributed by atoms with Crippen molar-refractivity contribution in [3.05, 3.63) is 69.7 Å². The number of rotatable bonds is 6. The Hall–Kier alpha value is -1.55. The predicted molar refractivity (Wildman–Crippen MR) is 96.0 cm³/mol. The molecule has 3 nitrogen and oxygen atoms in total. The summed E-state index contributed by atoms with van der Waals surface area (Å²) in [6.45, 7) is 0.553. The number of amides is 1. The zero-order valence-corrected chi connectivity index (χ0v) is 14.7. The molecular weight excluding hydrogens is 331 g/mol. The lowest BCUT2D eigenvalue weighted by Gasteiger charge is -2.25. The summed E-state index contributed by atoms with van der Waals surface area (Å²) in [5.74, 6) is -0.0360. The first-order valence-electron chi connectivity index (χ1n) is 7.39. The third-order valence-electron chi connectivity index (χ3n) is 3.65. The Labute approximate surface area is 147 Å². The van der Waals surface area contributed by atoms with E-state index in [0.29, 0.717) is 16.6 Å². The van der Waals surface area contributed by atoms with Crippen molar-refractivity contribution in [3.63, 3.8) is 0 Å². The predicted octanol–water partition coefficient (Wildman–Crippen LogP) is 3.96. The van der Waals surface area contributed by atoms with Gasteiger partial charge in [0.05, 0.1) is 22.5 Å². The fraction of sp³-hybridized carbons (Fsp3) is 0.278. The smallest absolute Gasteiger partial charge is 0.224 e. The third-order valence-corrected chi connectivity index (χ3v) is 4.39. The second-order valence-corrected chi connectivity index (χ2v) is 6.43. The first kappa shape index (κ1) is 17.8. The van der Waals surface area contributed by atoms with Crippen LogP contribution in [0.2, 0.25) is 10.0 Å². The van der Waals surface area contributed by atoms with E-state index in [4.69, 9.17) is 23.2 Å². The quantitative estimate of drug-likeness (QED) is 0.855. The van der Waals surface area contributed by atoms with E-state index in [0.717, 1.165) is 5.56 Å². The molecule has 1 atom stereocenters. The Morgan fingerprint density at radius 3 is 2.39 bits per heavy atom. The lowest BCUT2D eigenvalue weighted by Crippen LogP contribution is -2.35. The highest BCUT2D eigenvalue weighted by molar-refractivity contribution is 6.42. The first-order valence-corrected chi connectivity index (χ1v) is 8.15. The van der Waals surface area contributed by atoms with Crippen molar-refractivity contribution >= 4 is 29.1 Å². The van der Waals surface area contributed by atoms with Crippen molar-refractivity contribution in [2.45, 2.75) is 12.5 Å². The van der Waals surface area contributed by atoms with Gasteiger partial charge in [0.15, 0.2) is 0 Å². The molecule has 23 heavy (non-hydrogen) atoms. The number of nitrogens with zero attached hydrogens (tertiary/aromatic N) is 1. The molecule has 0 heterocycles. The molecule has 1 unspecified atom stereocenters. The van der Waals surface area contributed by atoms with Crippen LogP contribution in [0.15, 0.2) is 48.5 Å². The lowest BCUT2D eigenvalue weighted by molar-refractivity contribution is -0.120. The van der Waals surface area contributed by atoms with Crippen molar-refractivity contribution < 1.29 is 4.79 Å². The van der Waals surface area contributed by atoms with E-state index in [1.165, 1.54) is 5.56 Å². The average Bonchev–Trinajstić information content (AvgIpc) is 2.52. The minimum Gasteiger partial charge on any atom is -0.354 e. The minimum atomic E-state index is -0.0360. The Bertz CT molecular complexity index is 659. The number of halogens is 2. The molecule has 0 fully saturated rings. The van der Waals surface area contributed by atoms with Gasteiger partial charge in [0, 0.05) is 6.54 Å². The van der Waals surface area contributed by atoms with E-state index in [1.807, 2.05) is 38.4 Å². The highest BCUT2D eigenvalue weighted by Crippen LogP contribution is 2.23. The number of carbonyl (C=O) groups excluding carboxylic acids is 1. The molecule has 2 rings (SSSR count). The van der Waals surface area contributed by atoms with Gasteiger partial charge >= 0.3 is 0 Å². The standard InChI is InChI=1S/C18H20Cl2N2O/c1-22(2)17(14-6-4-3-5-7-14)12-21-18(23)11-13-8-9-15(19)16(20)10-13/h3-10,17H,11-12H2,1-2H3,(H,21,23). The van der Waals surface area contributed by atoms with Crippen LogP contribution in [0.4, 0.5) is 0 Å². The van der Waals surface area contributed by atoms with Gasteiger partial charge in [-0.3, -0.25) is 4.79 Å². The maximum Gasteiger partial charge on any atom is 0.224 e. The fourth-order valence-corrected chi connectivity index (χ4v) is 2.70. The summed E-state index contributed by atoms with van der Waals surface area (Å²) in [7, 11) is 4.01. The molecule has 0 saturated heterocycles. The van der Waals surface area contributed by atoms with Crippen molar-refractivity contribution in [1.29, 1.82) is 0 Å². The average molecular weight is 351 g/mol. The molecule has 1 amide bonds. The number of hydrogen-bond acceptors (Lipinski definition) is 2. The monoisotopic (exact) mass is 350 g/mol. The van der Waals surface area contributed by atoms with Gasteiger partial charge in [-0.15, -0.1) is 0 Å². The molecule has 1 N–H and O–H groups in total. The zero-order chi connectivity index (χ0) is 16.8. The Kier molecular flexibility index (Phi) is 6.46. The molecule has 0 aromatic heterocycles.